The molecule has 3 heteroatoms. The van der Waals surface area contributed by atoms with Gasteiger partial charge in [0.2, 0.25) is 0 Å². The van der Waals surface area contributed by atoms with E-state index < -0.39 is 5.60 Å². The number of carbonyl (C=O) groups excluding carboxylic acids is 1. The molecule has 0 unspecified atom stereocenters. The molecule has 1 heterocycles. The van der Waals surface area contributed by atoms with Crippen molar-refractivity contribution in [2.45, 2.75) is 102 Å². The van der Waals surface area contributed by atoms with E-state index in [0.29, 0.717) is 18.5 Å². The Kier molecular flexibility index (Phi) is 7.61. The summed E-state index contributed by atoms with van der Waals surface area (Å²) >= 11 is 0. The maximum absolute atomic E-state index is 11.0. The molecule has 1 saturated heterocycles. The topological polar surface area (TPSA) is 35.5 Å². The maximum Gasteiger partial charge on any atom is 0.293 e. The van der Waals surface area contributed by atoms with Crippen molar-refractivity contribution in [2.75, 3.05) is 0 Å². The summed E-state index contributed by atoms with van der Waals surface area (Å²) in [7, 11) is 0. The Hall–Kier alpha value is -0.830. The van der Waals surface area contributed by atoms with Gasteiger partial charge in [0.05, 0.1) is 6.10 Å². The van der Waals surface area contributed by atoms with Crippen LogP contribution in [-0.4, -0.2) is 24.3 Å². The Labute approximate surface area is 141 Å². The molecular formula is C20H34O3. The van der Waals surface area contributed by atoms with Crippen molar-refractivity contribution in [2.24, 2.45) is 5.92 Å². The van der Waals surface area contributed by atoms with Gasteiger partial charge in [-0.2, -0.15) is 0 Å². The highest BCUT2D eigenvalue weighted by atomic mass is 16.6. The molecule has 1 aliphatic carbocycles. The molecule has 0 spiro atoms. The van der Waals surface area contributed by atoms with Crippen molar-refractivity contribution in [1.82, 2.24) is 0 Å². The van der Waals surface area contributed by atoms with Crippen LogP contribution in [0.2, 0.25) is 0 Å². The van der Waals surface area contributed by atoms with Gasteiger partial charge in [0.15, 0.2) is 0 Å². The van der Waals surface area contributed by atoms with E-state index in [4.69, 9.17) is 9.47 Å². The molecule has 132 valence electrons. The van der Waals surface area contributed by atoms with E-state index in [9.17, 15) is 4.79 Å². The van der Waals surface area contributed by atoms with Gasteiger partial charge in [0.1, 0.15) is 11.7 Å². The predicted octanol–water partition coefficient (Wildman–Crippen LogP) is 5.18. The van der Waals surface area contributed by atoms with Gasteiger partial charge in [-0.1, -0.05) is 51.2 Å². The standard InChI is InChI=1S/C20H34O3/c1-3-4-5-6-7-8-9-14-19-20(2,22-16-21)15-17-12-10-11-13-18(17)23-19/h8-9,16-19H,3-7,10-15H2,1-2H3/b9-8+/t17-,18+,19-,20+/m0/s1. The first kappa shape index (κ1) is 18.5. The lowest BCUT2D eigenvalue weighted by Crippen LogP contribution is -2.54. The number of allylic oxidation sites excluding steroid dienone is 1. The third kappa shape index (κ3) is 5.34. The molecule has 1 saturated carbocycles. The zero-order chi connectivity index (χ0) is 16.5. The largest absolute Gasteiger partial charge is 0.459 e. The zero-order valence-electron chi connectivity index (χ0n) is 15.0. The van der Waals surface area contributed by atoms with Crippen LogP contribution in [0.1, 0.15) is 84.5 Å². The smallest absolute Gasteiger partial charge is 0.293 e. The van der Waals surface area contributed by atoms with E-state index in [1.807, 2.05) is 6.92 Å². The summed E-state index contributed by atoms with van der Waals surface area (Å²) in [4.78, 5) is 11.0. The molecule has 4 atom stereocenters. The molecule has 3 nitrogen and oxygen atoms in total. The molecule has 0 aromatic carbocycles. The summed E-state index contributed by atoms with van der Waals surface area (Å²) in [6, 6.07) is 0. The van der Waals surface area contributed by atoms with Crippen LogP contribution >= 0.6 is 0 Å². The molecule has 0 aromatic heterocycles. The zero-order valence-corrected chi connectivity index (χ0v) is 15.0. The average molecular weight is 322 g/mol. The predicted molar refractivity (Wildman–Crippen MR) is 93.3 cm³/mol. The number of rotatable bonds is 9. The van der Waals surface area contributed by atoms with Gasteiger partial charge in [0, 0.05) is 0 Å². The molecular weight excluding hydrogens is 288 g/mol. The Morgan fingerprint density at radius 1 is 1.17 bits per heavy atom. The molecule has 0 amide bonds. The second-order valence-corrected chi connectivity index (χ2v) is 7.50. The number of unbranched alkanes of at least 4 members (excludes halogenated alkanes) is 4. The van der Waals surface area contributed by atoms with Crippen LogP contribution in [0.4, 0.5) is 0 Å². The van der Waals surface area contributed by atoms with Gasteiger partial charge in [-0.05, 0) is 51.4 Å². The molecule has 2 fully saturated rings. The fourth-order valence-corrected chi connectivity index (χ4v) is 4.16. The molecule has 0 aromatic rings. The molecule has 0 bridgehead atoms. The number of hydrogen-bond acceptors (Lipinski definition) is 3. The third-order valence-corrected chi connectivity index (χ3v) is 5.59. The Morgan fingerprint density at radius 2 is 2.00 bits per heavy atom. The Bertz CT molecular complexity index is 379. The highest BCUT2D eigenvalue weighted by Gasteiger charge is 2.47. The summed E-state index contributed by atoms with van der Waals surface area (Å²) in [5.74, 6) is 0.558. The molecule has 2 aliphatic rings. The Morgan fingerprint density at radius 3 is 2.78 bits per heavy atom. The molecule has 1 aliphatic heterocycles. The van der Waals surface area contributed by atoms with Crippen LogP contribution in [0.25, 0.3) is 0 Å². The van der Waals surface area contributed by atoms with Crippen LogP contribution in [0.15, 0.2) is 12.2 Å². The molecule has 0 radical (unpaired) electrons. The lowest BCUT2D eigenvalue weighted by molar-refractivity contribution is -0.211. The summed E-state index contributed by atoms with van der Waals surface area (Å²) in [5, 5.41) is 0. The number of hydrogen-bond donors (Lipinski definition) is 0. The normalized spacial score (nSPS) is 34.3. The van der Waals surface area contributed by atoms with Crippen LogP contribution < -0.4 is 0 Å². The maximum atomic E-state index is 11.0. The number of fused-ring (bicyclic) bond motifs is 1. The molecule has 23 heavy (non-hydrogen) atoms. The Balaban J connectivity index is 1.85. The van der Waals surface area contributed by atoms with Crippen molar-refractivity contribution in [3.05, 3.63) is 12.2 Å². The fraction of sp³-hybridized carbons (Fsp3) is 0.850. The SMILES string of the molecule is CCCCCC/C=C/C[C@@H]1O[C@@H]2CCCC[C@H]2C[C@@]1(C)OC=O. The van der Waals surface area contributed by atoms with E-state index in [-0.39, 0.29) is 6.10 Å². The van der Waals surface area contributed by atoms with Crippen molar-refractivity contribution >= 4 is 6.47 Å². The van der Waals surface area contributed by atoms with E-state index in [1.165, 1.54) is 51.4 Å². The number of ether oxygens (including phenoxy) is 2. The minimum atomic E-state index is -0.465. The monoisotopic (exact) mass is 322 g/mol. The van der Waals surface area contributed by atoms with E-state index >= 15 is 0 Å². The number of carbonyl (C=O) groups is 1. The van der Waals surface area contributed by atoms with Crippen LogP contribution in [-0.2, 0) is 14.3 Å². The summed E-state index contributed by atoms with van der Waals surface area (Å²) in [5.41, 5.74) is -0.465. The average Bonchev–Trinajstić information content (AvgIpc) is 2.54. The first-order valence-corrected chi connectivity index (χ1v) is 9.61. The van der Waals surface area contributed by atoms with E-state index in [1.54, 1.807) is 0 Å². The van der Waals surface area contributed by atoms with Crippen LogP contribution in [0.5, 0.6) is 0 Å². The second kappa shape index (κ2) is 9.46. The second-order valence-electron chi connectivity index (χ2n) is 7.50. The summed E-state index contributed by atoms with van der Waals surface area (Å²) in [6.45, 7) is 4.89. The fourth-order valence-electron chi connectivity index (χ4n) is 4.16. The summed E-state index contributed by atoms with van der Waals surface area (Å²) in [6.07, 6.45) is 17.9. The molecule has 2 rings (SSSR count). The van der Waals surface area contributed by atoms with Crippen molar-refractivity contribution in [3.63, 3.8) is 0 Å². The van der Waals surface area contributed by atoms with Crippen LogP contribution in [0, 0.1) is 5.92 Å². The van der Waals surface area contributed by atoms with Gasteiger partial charge < -0.3 is 9.47 Å². The minimum absolute atomic E-state index is 0.000980. The van der Waals surface area contributed by atoms with Gasteiger partial charge in [0.25, 0.3) is 6.47 Å². The highest BCUT2D eigenvalue weighted by molar-refractivity contribution is 5.38. The van der Waals surface area contributed by atoms with Gasteiger partial charge in [-0.25, -0.2) is 0 Å². The summed E-state index contributed by atoms with van der Waals surface area (Å²) < 4.78 is 11.9. The minimum Gasteiger partial charge on any atom is -0.459 e. The molecule has 0 N–H and O–H groups in total. The van der Waals surface area contributed by atoms with Gasteiger partial charge in [-0.15, -0.1) is 0 Å². The third-order valence-electron chi connectivity index (χ3n) is 5.59. The highest BCUT2D eigenvalue weighted by Crippen LogP contribution is 2.43. The first-order valence-electron chi connectivity index (χ1n) is 9.61. The van der Waals surface area contributed by atoms with E-state index in [2.05, 4.69) is 19.1 Å². The van der Waals surface area contributed by atoms with E-state index in [0.717, 1.165) is 19.3 Å². The van der Waals surface area contributed by atoms with Gasteiger partial charge >= 0.3 is 0 Å². The first-order chi connectivity index (χ1) is 11.2. The van der Waals surface area contributed by atoms with Crippen molar-refractivity contribution in [3.8, 4) is 0 Å². The lowest BCUT2D eigenvalue weighted by Gasteiger charge is -2.48. The lowest BCUT2D eigenvalue weighted by atomic mass is 9.74. The van der Waals surface area contributed by atoms with Crippen LogP contribution in [0.3, 0.4) is 0 Å². The van der Waals surface area contributed by atoms with Crippen molar-refractivity contribution in [1.29, 1.82) is 0 Å². The van der Waals surface area contributed by atoms with Crippen molar-refractivity contribution < 1.29 is 14.3 Å². The quantitative estimate of drug-likeness (QED) is 0.333. The van der Waals surface area contributed by atoms with Gasteiger partial charge in [-0.3, -0.25) is 4.79 Å².